The van der Waals surface area contributed by atoms with Gasteiger partial charge in [0.2, 0.25) is 11.8 Å². The first-order chi connectivity index (χ1) is 13.3. The summed E-state index contributed by atoms with van der Waals surface area (Å²) in [6.45, 7) is 2.39. The molecule has 1 aliphatic carbocycles. The van der Waals surface area contributed by atoms with E-state index in [0.29, 0.717) is 38.0 Å². The number of carbonyl (C=O) groups excluding carboxylic acids is 2. The molecule has 1 aromatic heterocycles. The van der Waals surface area contributed by atoms with Gasteiger partial charge >= 0.3 is 6.18 Å². The van der Waals surface area contributed by atoms with Gasteiger partial charge in [-0.2, -0.15) is 13.2 Å². The zero-order valence-electron chi connectivity index (χ0n) is 16.0. The van der Waals surface area contributed by atoms with Crippen LogP contribution in [0.5, 0.6) is 0 Å². The van der Waals surface area contributed by atoms with Gasteiger partial charge in [0.25, 0.3) is 0 Å². The summed E-state index contributed by atoms with van der Waals surface area (Å²) >= 11 is 0. The number of halogens is 3. The summed E-state index contributed by atoms with van der Waals surface area (Å²) in [5, 5.41) is 2.76. The second-order valence-corrected chi connectivity index (χ2v) is 7.82. The normalized spacial score (nSPS) is 26.0. The van der Waals surface area contributed by atoms with Gasteiger partial charge in [-0.25, -0.2) is 4.98 Å². The van der Waals surface area contributed by atoms with Crippen LogP contribution in [0.15, 0.2) is 18.2 Å². The van der Waals surface area contributed by atoms with Crippen molar-refractivity contribution in [2.24, 2.45) is 17.8 Å². The maximum atomic E-state index is 13.4. The van der Waals surface area contributed by atoms with Crippen LogP contribution in [0.2, 0.25) is 0 Å². The van der Waals surface area contributed by atoms with Crippen LogP contribution in [-0.4, -0.2) is 41.0 Å². The standard InChI is InChI=1S/C20H26F3N3O2/c1-13-6-4-10-17(24-13)25-18(27)14-7-5-11-26(12-14)19(28)15-8-2-3-9-16(15)20(21,22)23/h4,6,10,14-16H,2-3,5,7-9,11-12H2,1H3,(H,24,25,27). The van der Waals surface area contributed by atoms with Crippen molar-refractivity contribution >= 4 is 17.6 Å². The molecule has 8 heteroatoms. The molecule has 5 nitrogen and oxygen atoms in total. The van der Waals surface area contributed by atoms with Crippen LogP contribution >= 0.6 is 0 Å². The van der Waals surface area contributed by atoms with Crippen molar-refractivity contribution in [1.82, 2.24) is 9.88 Å². The lowest BCUT2D eigenvalue weighted by Gasteiger charge is -2.38. The lowest BCUT2D eigenvalue weighted by molar-refractivity contribution is -0.201. The summed E-state index contributed by atoms with van der Waals surface area (Å²) in [4.78, 5) is 31.1. The Morgan fingerprint density at radius 3 is 2.61 bits per heavy atom. The number of pyridine rings is 1. The molecule has 2 fully saturated rings. The van der Waals surface area contributed by atoms with E-state index in [0.717, 1.165) is 5.69 Å². The van der Waals surface area contributed by atoms with Crippen molar-refractivity contribution in [3.63, 3.8) is 0 Å². The number of alkyl halides is 3. The zero-order chi connectivity index (χ0) is 20.3. The number of rotatable bonds is 3. The molecule has 1 saturated heterocycles. The highest BCUT2D eigenvalue weighted by Crippen LogP contribution is 2.42. The smallest absolute Gasteiger partial charge is 0.342 e. The Kier molecular flexibility index (Phi) is 6.25. The third-order valence-electron chi connectivity index (χ3n) is 5.75. The topological polar surface area (TPSA) is 62.3 Å². The summed E-state index contributed by atoms with van der Waals surface area (Å²) < 4.78 is 40.1. The van der Waals surface area contributed by atoms with Gasteiger partial charge in [-0.15, -0.1) is 0 Å². The number of hydrogen-bond donors (Lipinski definition) is 1. The summed E-state index contributed by atoms with van der Waals surface area (Å²) in [5.41, 5.74) is 0.772. The Morgan fingerprint density at radius 1 is 1.14 bits per heavy atom. The molecule has 0 bridgehead atoms. The number of aryl methyl sites for hydroxylation is 1. The monoisotopic (exact) mass is 397 g/mol. The fourth-order valence-corrected chi connectivity index (χ4v) is 4.29. The first-order valence-electron chi connectivity index (χ1n) is 9.85. The molecule has 1 saturated carbocycles. The molecule has 1 aliphatic heterocycles. The molecule has 2 heterocycles. The first-order valence-corrected chi connectivity index (χ1v) is 9.85. The van der Waals surface area contributed by atoms with E-state index >= 15 is 0 Å². The van der Waals surface area contributed by atoms with Gasteiger partial charge in [-0.05, 0) is 44.7 Å². The molecule has 154 valence electrons. The summed E-state index contributed by atoms with van der Waals surface area (Å²) in [7, 11) is 0. The molecule has 0 spiro atoms. The van der Waals surface area contributed by atoms with E-state index in [1.807, 2.05) is 13.0 Å². The SMILES string of the molecule is Cc1cccc(NC(=O)C2CCCN(C(=O)C3CCCCC3C(F)(F)F)C2)n1. The van der Waals surface area contributed by atoms with Gasteiger partial charge in [0.05, 0.1) is 11.8 Å². The first kappa shape index (κ1) is 20.6. The molecule has 0 aromatic carbocycles. The minimum atomic E-state index is -4.36. The highest BCUT2D eigenvalue weighted by atomic mass is 19.4. The number of likely N-dealkylation sites (tertiary alicyclic amines) is 1. The van der Waals surface area contributed by atoms with E-state index in [1.165, 1.54) is 4.90 Å². The summed E-state index contributed by atoms with van der Waals surface area (Å²) in [6.07, 6.45) is -1.73. The number of aromatic nitrogens is 1. The Bertz CT molecular complexity index is 723. The average Bonchev–Trinajstić information content (AvgIpc) is 2.67. The van der Waals surface area contributed by atoms with E-state index in [2.05, 4.69) is 10.3 Å². The molecule has 2 aliphatic rings. The van der Waals surface area contributed by atoms with Crippen LogP contribution in [0.1, 0.15) is 44.2 Å². The van der Waals surface area contributed by atoms with Crippen LogP contribution in [0, 0.1) is 24.7 Å². The van der Waals surface area contributed by atoms with E-state index in [-0.39, 0.29) is 25.3 Å². The number of hydrogen-bond acceptors (Lipinski definition) is 3. The fourth-order valence-electron chi connectivity index (χ4n) is 4.29. The number of anilines is 1. The van der Waals surface area contributed by atoms with Crippen molar-refractivity contribution in [2.75, 3.05) is 18.4 Å². The Morgan fingerprint density at radius 2 is 1.89 bits per heavy atom. The minimum absolute atomic E-state index is 0.0106. The van der Waals surface area contributed by atoms with E-state index in [4.69, 9.17) is 0 Å². The maximum absolute atomic E-state index is 13.4. The van der Waals surface area contributed by atoms with E-state index < -0.39 is 29.8 Å². The third-order valence-corrected chi connectivity index (χ3v) is 5.75. The second kappa shape index (κ2) is 8.49. The van der Waals surface area contributed by atoms with Crippen LogP contribution in [0.4, 0.5) is 19.0 Å². The number of piperidine rings is 1. The van der Waals surface area contributed by atoms with E-state index in [1.54, 1.807) is 12.1 Å². The van der Waals surface area contributed by atoms with Crippen molar-refractivity contribution < 1.29 is 22.8 Å². The van der Waals surface area contributed by atoms with Gasteiger partial charge in [-0.3, -0.25) is 9.59 Å². The number of carbonyl (C=O) groups is 2. The van der Waals surface area contributed by atoms with Gasteiger partial charge < -0.3 is 10.2 Å². The average molecular weight is 397 g/mol. The van der Waals surface area contributed by atoms with Gasteiger partial charge in [0, 0.05) is 24.7 Å². The molecule has 1 aromatic rings. The molecule has 28 heavy (non-hydrogen) atoms. The molecule has 3 atom stereocenters. The number of nitrogens with one attached hydrogen (secondary N) is 1. The molecule has 2 amide bonds. The summed E-state index contributed by atoms with van der Waals surface area (Å²) in [5.74, 6) is -3.28. The van der Waals surface area contributed by atoms with Crippen LogP contribution in [0.3, 0.4) is 0 Å². The van der Waals surface area contributed by atoms with Gasteiger partial charge in [-0.1, -0.05) is 18.9 Å². The second-order valence-electron chi connectivity index (χ2n) is 7.82. The van der Waals surface area contributed by atoms with Crippen molar-refractivity contribution in [1.29, 1.82) is 0 Å². The molecule has 1 N–H and O–H groups in total. The third kappa shape index (κ3) is 4.83. The van der Waals surface area contributed by atoms with Crippen molar-refractivity contribution in [3.8, 4) is 0 Å². The van der Waals surface area contributed by atoms with Gasteiger partial charge in [0.1, 0.15) is 5.82 Å². The zero-order valence-corrected chi connectivity index (χ0v) is 16.0. The fraction of sp³-hybridized carbons (Fsp3) is 0.650. The predicted molar refractivity (Wildman–Crippen MR) is 98.4 cm³/mol. The van der Waals surface area contributed by atoms with Crippen LogP contribution in [-0.2, 0) is 9.59 Å². The molecule has 3 rings (SSSR count). The lowest BCUT2D eigenvalue weighted by atomic mass is 9.77. The van der Waals surface area contributed by atoms with Crippen LogP contribution < -0.4 is 5.32 Å². The van der Waals surface area contributed by atoms with Crippen molar-refractivity contribution in [2.45, 2.75) is 51.6 Å². The number of amides is 2. The summed E-state index contributed by atoms with van der Waals surface area (Å²) in [6, 6.07) is 5.29. The highest BCUT2D eigenvalue weighted by Gasteiger charge is 2.49. The maximum Gasteiger partial charge on any atom is 0.392 e. The van der Waals surface area contributed by atoms with E-state index in [9.17, 15) is 22.8 Å². The van der Waals surface area contributed by atoms with Crippen molar-refractivity contribution in [3.05, 3.63) is 23.9 Å². The minimum Gasteiger partial charge on any atom is -0.342 e. The Balaban J connectivity index is 1.65. The Labute approximate surface area is 162 Å². The number of nitrogens with zero attached hydrogens (tertiary/aromatic N) is 2. The lowest BCUT2D eigenvalue weighted by Crippen LogP contribution is -2.49. The molecule has 0 radical (unpaired) electrons. The molecular weight excluding hydrogens is 371 g/mol. The van der Waals surface area contributed by atoms with Crippen LogP contribution in [0.25, 0.3) is 0 Å². The largest absolute Gasteiger partial charge is 0.392 e. The molecule has 3 unspecified atom stereocenters. The van der Waals surface area contributed by atoms with Gasteiger partial charge in [0.15, 0.2) is 0 Å². The highest BCUT2D eigenvalue weighted by molar-refractivity contribution is 5.92. The Hall–Kier alpha value is -2.12. The quantitative estimate of drug-likeness (QED) is 0.841. The molecular formula is C20H26F3N3O2. The predicted octanol–water partition coefficient (Wildman–Crippen LogP) is 3.94.